The third-order valence-corrected chi connectivity index (χ3v) is 2.93. The Balaban J connectivity index is 2.76. The topological polar surface area (TPSA) is 56.6 Å². The van der Waals surface area contributed by atoms with Crippen LogP contribution in [-0.2, 0) is 0 Å². The molecule has 0 spiro atoms. The molecule has 18 heavy (non-hydrogen) atoms. The molecule has 0 unspecified atom stereocenters. The molecule has 0 aliphatic rings. The van der Waals surface area contributed by atoms with E-state index in [1.54, 1.807) is 6.07 Å². The van der Waals surface area contributed by atoms with Gasteiger partial charge in [-0.1, -0.05) is 42.5 Å². The lowest BCUT2D eigenvalue weighted by Crippen LogP contribution is -2.01. The van der Waals surface area contributed by atoms with Crippen LogP contribution < -0.4 is 0 Å². The first-order valence-electron chi connectivity index (χ1n) is 5.37. The monoisotopic (exact) mass is 254 g/mol. The molecule has 0 atom stereocenters. The molecule has 0 saturated heterocycles. The van der Waals surface area contributed by atoms with E-state index in [-0.39, 0.29) is 5.78 Å². The molecule has 2 aromatic rings. The fourth-order valence-corrected chi connectivity index (χ4v) is 1.93. The lowest BCUT2D eigenvalue weighted by atomic mass is 10.0. The van der Waals surface area contributed by atoms with E-state index in [4.69, 9.17) is 17.5 Å². The number of rotatable bonds is 2. The first kappa shape index (κ1) is 12.2. The number of carbonyl (C=O) groups excluding carboxylic acids is 1. The fraction of sp³-hybridized carbons (Fsp3) is 0.0714. The van der Waals surface area contributed by atoms with Crippen molar-refractivity contribution in [1.82, 2.24) is 4.98 Å². The maximum absolute atomic E-state index is 11.7. The summed E-state index contributed by atoms with van der Waals surface area (Å²) in [4.78, 5) is 14.6. The van der Waals surface area contributed by atoms with E-state index in [1.165, 1.54) is 6.92 Å². The molecule has 0 saturated carbocycles. The van der Waals surface area contributed by atoms with Gasteiger partial charge in [-0.15, -0.1) is 0 Å². The predicted octanol–water partition coefficient (Wildman–Crippen LogP) is 3.49. The van der Waals surface area contributed by atoms with E-state index in [2.05, 4.69) is 4.98 Å². The van der Waals surface area contributed by atoms with Gasteiger partial charge >= 0.3 is 0 Å². The summed E-state index contributed by atoms with van der Waals surface area (Å²) in [6, 6.07) is 13.0. The smallest absolute Gasteiger partial charge is 0.161 e. The van der Waals surface area contributed by atoms with Crippen molar-refractivity contribution in [3.63, 3.8) is 0 Å². The molecule has 0 aliphatic carbocycles. The zero-order chi connectivity index (χ0) is 13.1. The Kier molecular flexibility index (Phi) is 3.35. The van der Waals surface area contributed by atoms with E-state index in [9.17, 15) is 4.79 Å². The number of hydrogen-bond acceptors (Lipinski definition) is 3. The van der Waals surface area contributed by atoms with Crippen LogP contribution in [0.3, 0.4) is 0 Å². The highest BCUT2D eigenvalue weighted by Gasteiger charge is 2.12. The number of aromatic amines is 1. The average molecular weight is 254 g/mol. The Bertz CT molecular complexity index is 696. The molecule has 0 radical (unpaired) electrons. The molecule has 0 amide bonds. The third kappa shape index (κ3) is 2.22. The zero-order valence-corrected chi connectivity index (χ0v) is 10.5. The molecule has 1 aromatic carbocycles. The van der Waals surface area contributed by atoms with E-state index >= 15 is 0 Å². The summed E-state index contributed by atoms with van der Waals surface area (Å²) >= 11 is 5.10. The second-order valence-corrected chi connectivity index (χ2v) is 4.24. The maximum atomic E-state index is 11.7. The summed E-state index contributed by atoms with van der Waals surface area (Å²) in [5.74, 6) is -0.100. The van der Waals surface area contributed by atoms with Crippen molar-refractivity contribution in [1.29, 1.82) is 5.26 Å². The fourth-order valence-electron chi connectivity index (χ4n) is 1.72. The van der Waals surface area contributed by atoms with Crippen molar-refractivity contribution in [2.75, 3.05) is 0 Å². The number of benzene rings is 1. The SMILES string of the molecule is CC(=O)c1cc(C#N)c(=S)[nH]c1-c1ccccc1. The van der Waals surface area contributed by atoms with Gasteiger partial charge in [0.05, 0.1) is 11.3 Å². The molecule has 0 bridgehead atoms. The average Bonchev–Trinajstić information content (AvgIpc) is 2.39. The molecule has 2 rings (SSSR count). The summed E-state index contributed by atoms with van der Waals surface area (Å²) in [6.45, 7) is 1.47. The van der Waals surface area contributed by atoms with Gasteiger partial charge in [0, 0.05) is 5.56 Å². The summed E-state index contributed by atoms with van der Waals surface area (Å²) in [5.41, 5.74) is 2.33. The molecule has 1 heterocycles. The van der Waals surface area contributed by atoms with Crippen LogP contribution in [0.15, 0.2) is 36.4 Å². The van der Waals surface area contributed by atoms with Gasteiger partial charge in [0.15, 0.2) is 5.78 Å². The van der Waals surface area contributed by atoms with Gasteiger partial charge < -0.3 is 4.98 Å². The van der Waals surface area contributed by atoms with Crippen molar-refractivity contribution in [2.24, 2.45) is 0 Å². The summed E-state index contributed by atoms with van der Waals surface area (Å²) < 4.78 is 0.348. The summed E-state index contributed by atoms with van der Waals surface area (Å²) in [5, 5.41) is 8.94. The Morgan fingerprint density at radius 3 is 2.56 bits per heavy atom. The normalized spacial score (nSPS) is 9.78. The second-order valence-electron chi connectivity index (χ2n) is 3.83. The lowest BCUT2D eigenvalue weighted by molar-refractivity contribution is 0.101. The zero-order valence-electron chi connectivity index (χ0n) is 9.73. The molecule has 4 heteroatoms. The molecular formula is C14H10N2OS. The quantitative estimate of drug-likeness (QED) is 0.659. The van der Waals surface area contributed by atoms with Gasteiger partial charge in [-0.05, 0) is 18.6 Å². The van der Waals surface area contributed by atoms with Crippen molar-refractivity contribution < 1.29 is 4.79 Å². The van der Waals surface area contributed by atoms with Crippen LogP contribution in [0.1, 0.15) is 22.8 Å². The predicted molar refractivity (Wildman–Crippen MR) is 71.8 cm³/mol. The minimum Gasteiger partial charge on any atom is -0.344 e. The van der Waals surface area contributed by atoms with E-state index in [0.29, 0.717) is 21.5 Å². The van der Waals surface area contributed by atoms with Gasteiger partial charge in [0.1, 0.15) is 10.7 Å². The molecular weight excluding hydrogens is 244 g/mol. The van der Waals surface area contributed by atoms with Gasteiger partial charge in [-0.3, -0.25) is 4.79 Å². The summed E-state index contributed by atoms with van der Waals surface area (Å²) in [7, 11) is 0. The second kappa shape index (κ2) is 4.94. The van der Waals surface area contributed by atoms with E-state index in [1.807, 2.05) is 36.4 Å². The highest BCUT2D eigenvalue weighted by Crippen LogP contribution is 2.23. The molecule has 1 aromatic heterocycles. The maximum Gasteiger partial charge on any atom is 0.161 e. The van der Waals surface area contributed by atoms with Gasteiger partial charge in [0.25, 0.3) is 0 Å². The van der Waals surface area contributed by atoms with Crippen LogP contribution in [0.2, 0.25) is 0 Å². The van der Waals surface area contributed by atoms with E-state index < -0.39 is 0 Å². The van der Waals surface area contributed by atoms with E-state index in [0.717, 1.165) is 5.56 Å². The number of ketones is 1. The Labute approximate surface area is 110 Å². The number of aromatic nitrogens is 1. The van der Waals surface area contributed by atoms with Crippen LogP contribution in [0.4, 0.5) is 0 Å². The van der Waals surface area contributed by atoms with Crippen molar-refractivity contribution in [3.05, 3.63) is 52.2 Å². The van der Waals surface area contributed by atoms with Crippen molar-refractivity contribution in [2.45, 2.75) is 6.92 Å². The number of nitriles is 1. The number of nitrogens with zero attached hydrogens (tertiary/aromatic N) is 1. The number of Topliss-reactive ketones (excluding diaryl/α,β-unsaturated/α-hetero) is 1. The minimum absolute atomic E-state index is 0.100. The molecule has 88 valence electrons. The lowest BCUT2D eigenvalue weighted by Gasteiger charge is -2.08. The highest BCUT2D eigenvalue weighted by atomic mass is 32.1. The molecule has 0 aliphatic heterocycles. The Morgan fingerprint density at radius 2 is 2.00 bits per heavy atom. The molecule has 1 N–H and O–H groups in total. The number of hydrogen-bond donors (Lipinski definition) is 1. The number of H-pyrrole nitrogens is 1. The first-order valence-corrected chi connectivity index (χ1v) is 5.78. The minimum atomic E-state index is -0.100. The number of carbonyl (C=O) groups is 1. The van der Waals surface area contributed by atoms with Crippen molar-refractivity contribution in [3.8, 4) is 17.3 Å². The van der Waals surface area contributed by atoms with Crippen LogP contribution in [0, 0.1) is 16.0 Å². The largest absolute Gasteiger partial charge is 0.344 e. The van der Waals surface area contributed by atoms with Gasteiger partial charge in [-0.2, -0.15) is 5.26 Å². The number of nitrogens with one attached hydrogen (secondary N) is 1. The van der Waals surface area contributed by atoms with Gasteiger partial charge in [-0.25, -0.2) is 0 Å². The van der Waals surface area contributed by atoms with Crippen LogP contribution in [0.5, 0.6) is 0 Å². The molecule has 0 fully saturated rings. The summed E-state index contributed by atoms with van der Waals surface area (Å²) in [6.07, 6.45) is 0. The molecule has 3 nitrogen and oxygen atoms in total. The number of pyridine rings is 1. The Morgan fingerprint density at radius 1 is 1.33 bits per heavy atom. The van der Waals surface area contributed by atoms with Crippen LogP contribution in [-0.4, -0.2) is 10.8 Å². The van der Waals surface area contributed by atoms with Crippen LogP contribution >= 0.6 is 12.2 Å². The van der Waals surface area contributed by atoms with Gasteiger partial charge in [0.2, 0.25) is 0 Å². The highest BCUT2D eigenvalue weighted by molar-refractivity contribution is 7.71. The van der Waals surface area contributed by atoms with Crippen molar-refractivity contribution >= 4 is 18.0 Å². The first-order chi connectivity index (χ1) is 8.63. The Hall–Kier alpha value is -2.25. The third-order valence-electron chi connectivity index (χ3n) is 2.60. The van der Waals surface area contributed by atoms with Crippen LogP contribution in [0.25, 0.3) is 11.3 Å². The standard InChI is InChI=1S/C14H10N2OS/c1-9(17)12-7-11(8-15)14(18)16-13(12)10-5-3-2-4-6-10/h2-7H,1H3,(H,16,18).